The van der Waals surface area contributed by atoms with Gasteiger partial charge in [0.1, 0.15) is 5.75 Å². The van der Waals surface area contributed by atoms with Crippen LogP contribution < -0.4 is 15.2 Å². The minimum atomic E-state index is -1.26. The summed E-state index contributed by atoms with van der Waals surface area (Å²) in [5.74, 6) is -1.45. The van der Waals surface area contributed by atoms with Crippen molar-refractivity contribution < 1.29 is 19.4 Å². The van der Waals surface area contributed by atoms with E-state index in [2.05, 4.69) is 5.32 Å². The SMILES string of the molecule is CNC(=O)C[C@H](C(=O)[O-])c1ccc(OCC(C)C)cc1. The Kier molecular flexibility index (Phi) is 6.03. The number of nitrogens with one attached hydrogen (secondary N) is 1. The number of ether oxygens (including phenoxy) is 1. The van der Waals surface area contributed by atoms with E-state index in [-0.39, 0.29) is 12.3 Å². The lowest BCUT2D eigenvalue weighted by atomic mass is 9.95. The highest BCUT2D eigenvalue weighted by atomic mass is 16.5. The Morgan fingerprint density at radius 2 is 1.85 bits per heavy atom. The Bertz CT molecular complexity index is 453. The van der Waals surface area contributed by atoms with Crippen LogP contribution in [-0.2, 0) is 9.59 Å². The minimum Gasteiger partial charge on any atom is -0.549 e. The zero-order valence-corrected chi connectivity index (χ0v) is 12.0. The van der Waals surface area contributed by atoms with Crippen molar-refractivity contribution in [2.24, 2.45) is 5.92 Å². The molecule has 0 radical (unpaired) electrons. The van der Waals surface area contributed by atoms with Crippen LogP contribution in [0.25, 0.3) is 0 Å². The number of carbonyl (C=O) groups is 2. The van der Waals surface area contributed by atoms with Crippen LogP contribution in [0.1, 0.15) is 31.7 Å². The van der Waals surface area contributed by atoms with E-state index in [0.29, 0.717) is 23.8 Å². The van der Waals surface area contributed by atoms with Crippen molar-refractivity contribution >= 4 is 11.9 Å². The third kappa shape index (κ3) is 4.91. The highest BCUT2D eigenvalue weighted by Gasteiger charge is 2.16. The second-order valence-electron chi connectivity index (χ2n) is 5.02. The van der Waals surface area contributed by atoms with Gasteiger partial charge in [0.25, 0.3) is 0 Å². The minimum absolute atomic E-state index is 0.134. The Morgan fingerprint density at radius 3 is 2.30 bits per heavy atom. The number of hydrogen-bond acceptors (Lipinski definition) is 4. The van der Waals surface area contributed by atoms with Gasteiger partial charge in [0.15, 0.2) is 0 Å². The fourth-order valence-electron chi connectivity index (χ4n) is 1.68. The van der Waals surface area contributed by atoms with E-state index in [9.17, 15) is 14.7 Å². The van der Waals surface area contributed by atoms with Crippen molar-refractivity contribution in [1.82, 2.24) is 5.32 Å². The summed E-state index contributed by atoms with van der Waals surface area (Å²) in [6.07, 6.45) is -0.134. The van der Waals surface area contributed by atoms with E-state index in [0.717, 1.165) is 0 Å². The molecule has 1 N–H and O–H groups in total. The number of carbonyl (C=O) groups excluding carboxylic acids is 2. The molecule has 5 nitrogen and oxygen atoms in total. The Labute approximate surface area is 118 Å². The number of rotatable bonds is 7. The van der Waals surface area contributed by atoms with Crippen LogP contribution in [0, 0.1) is 5.92 Å². The number of carboxylic acid groups (broad SMARTS) is 1. The van der Waals surface area contributed by atoms with E-state index in [4.69, 9.17) is 4.74 Å². The predicted molar refractivity (Wildman–Crippen MR) is 73.2 cm³/mol. The van der Waals surface area contributed by atoms with E-state index in [1.165, 1.54) is 7.05 Å². The summed E-state index contributed by atoms with van der Waals surface area (Å²) in [6, 6.07) is 6.72. The average Bonchev–Trinajstić information content (AvgIpc) is 2.42. The smallest absolute Gasteiger partial charge is 0.220 e. The molecule has 0 bridgehead atoms. The zero-order valence-electron chi connectivity index (χ0n) is 12.0. The molecule has 0 aliphatic carbocycles. The maximum absolute atomic E-state index is 11.3. The van der Waals surface area contributed by atoms with E-state index >= 15 is 0 Å². The standard InChI is InChI=1S/C15H21NO4/c1-10(2)9-20-12-6-4-11(5-7-12)13(15(18)19)8-14(17)16-3/h4-7,10,13H,8-9H2,1-3H3,(H,16,17)(H,18,19)/p-1/t13-/m0/s1. The van der Waals surface area contributed by atoms with Crippen molar-refractivity contribution in [3.8, 4) is 5.75 Å². The van der Waals surface area contributed by atoms with Crippen molar-refractivity contribution in [3.63, 3.8) is 0 Å². The van der Waals surface area contributed by atoms with Gasteiger partial charge < -0.3 is 20.0 Å². The predicted octanol–water partition coefficient (Wildman–Crippen LogP) is 0.691. The summed E-state index contributed by atoms with van der Waals surface area (Å²) >= 11 is 0. The van der Waals surface area contributed by atoms with Gasteiger partial charge in [-0.05, 0) is 23.6 Å². The molecule has 110 valence electrons. The Balaban J connectivity index is 2.77. The van der Waals surface area contributed by atoms with Crippen LogP contribution in [0.15, 0.2) is 24.3 Å². The average molecular weight is 278 g/mol. The summed E-state index contributed by atoms with van der Waals surface area (Å²) < 4.78 is 5.52. The zero-order chi connectivity index (χ0) is 15.1. The van der Waals surface area contributed by atoms with Gasteiger partial charge in [-0.2, -0.15) is 0 Å². The first-order valence-electron chi connectivity index (χ1n) is 6.58. The molecule has 0 saturated heterocycles. The molecule has 0 aliphatic rings. The van der Waals surface area contributed by atoms with Crippen LogP contribution in [-0.4, -0.2) is 25.5 Å². The van der Waals surface area contributed by atoms with Gasteiger partial charge in [0.05, 0.1) is 6.61 Å². The number of amides is 1. The second kappa shape index (κ2) is 7.53. The second-order valence-corrected chi connectivity index (χ2v) is 5.02. The lowest BCUT2D eigenvalue weighted by Crippen LogP contribution is -2.33. The molecule has 0 fully saturated rings. The van der Waals surface area contributed by atoms with Gasteiger partial charge >= 0.3 is 0 Å². The third-order valence-electron chi connectivity index (χ3n) is 2.82. The molecule has 1 amide bonds. The molecule has 0 aliphatic heterocycles. The Morgan fingerprint density at radius 1 is 1.25 bits per heavy atom. The molecule has 0 aromatic heterocycles. The van der Waals surface area contributed by atoms with E-state index in [1.807, 2.05) is 13.8 Å². The van der Waals surface area contributed by atoms with Crippen molar-refractivity contribution in [2.75, 3.05) is 13.7 Å². The molecule has 0 spiro atoms. The number of aliphatic carboxylic acids is 1. The fraction of sp³-hybridized carbons (Fsp3) is 0.467. The van der Waals surface area contributed by atoms with Gasteiger partial charge in [-0.1, -0.05) is 26.0 Å². The van der Waals surface area contributed by atoms with Crippen LogP contribution in [0.3, 0.4) is 0 Å². The normalized spacial score (nSPS) is 12.0. The van der Waals surface area contributed by atoms with Crippen molar-refractivity contribution in [1.29, 1.82) is 0 Å². The summed E-state index contributed by atoms with van der Waals surface area (Å²) in [5.41, 5.74) is 0.533. The maximum atomic E-state index is 11.3. The number of benzene rings is 1. The molecule has 0 unspecified atom stereocenters. The van der Waals surface area contributed by atoms with Gasteiger partial charge in [0.2, 0.25) is 5.91 Å². The van der Waals surface area contributed by atoms with Crippen LogP contribution in [0.2, 0.25) is 0 Å². The molecule has 5 heteroatoms. The molecule has 1 aromatic rings. The lowest BCUT2D eigenvalue weighted by molar-refractivity contribution is -0.308. The van der Waals surface area contributed by atoms with Gasteiger partial charge in [0, 0.05) is 25.4 Å². The maximum Gasteiger partial charge on any atom is 0.220 e. The topological polar surface area (TPSA) is 78.5 Å². The van der Waals surface area contributed by atoms with Crippen LogP contribution in [0.5, 0.6) is 5.75 Å². The summed E-state index contributed by atoms with van der Waals surface area (Å²) in [7, 11) is 1.47. The molecule has 1 rings (SSSR count). The summed E-state index contributed by atoms with van der Waals surface area (Å²) in [5, 5.41) is 13.5. The molecule has 0 saturated carbocycles. The van der Waals surface area contributed by atoms with Gasteiger partial charge in [-0.25, -0.2) is 0 Å². The molecule has 20 heavy (non-hydrogen) atoms. The van der Waals surface area contributed by atoms with Gasteiger partial charge in [-0.15, -0.1) is 0 Å². The lowest BCUT2D eigenvalue weighted by Gasteiger charge is -2.18. The quantitative estimate of drug-likeness (QED) is 0.796. The van der Waals surface area contributed by atoms with E-state index in [1.54, 1.807) is 24.3 Å². The summed E-state index contributed by atoms with van der Waals surface area (Å²) in [6.45, 7) is 4.69. The van der Waals surface area contributed by atoms with Crippen LogP contribution >= 0.6 is 0 Å². The molecule has 1 atom stereocenters. The first-order chi connectivity index (χ1) is 9.43. The van der Waals surface area contributed by atoms with Gasteiger partial charge in [-0.3, -0.25) is 4.79 Å². The monoisotopic (exact) mass is 278 g/mol. The highest BCUT2D eigenvalue weighted by molar-refractivity contribution is 5.84. The number of hydrogen-bond donors (Lipinski definition) is 1. The largest absolute Gasteiger partial charge is 0.549 e. The summed E-state index contributed by atoms with van der Waals surface area (Å²) in [4.78, 5) is 22.4. The molecular weight excluding hydrogens is 258 g/mol. The van der Waals surface area contributed by atoms with Crippen LogP contribution in [0.4, 0.5) is 0 Å². The fourth-order valence-corrected chi connectivity index (χ4v) is 1.68. The van der Waals surface area contributed by atoms with Crippen molar-refractivity contribution in [3.05, 3.63) is 29.8 Å². The first-order valence-corrected chi connectivity index (χ1v) is 6.58. The third-order valence-corrected chi connectivity index (χ3v) is 2.82. The Hall–Kier alpha value is -2.04. The molecule has 0 heterocycles. The number of carboxylic acids is 1. The molecule has 1 aromatic carbocycles. The van der Waals surface area contributed by atoms with Crippen molar-refractivity contribution in [2.45, 2.75) is 26.2 Å². The van der Waals surface area contributed by atoms with E-state index < -0.39 is 11.9 Å². The highest BCUT2D eigenvalue weighted by Crippen LogP contribution is 2.22. The first kappa shape index (κ1) is 16.0. The molecular formula is C15H20NO4-.